The van der Waals surface area contributed by atoms with Gasteiger partial charge in [0.05, 0.1) is 45.6 Å². The second kappa shape index (κ2) is 9.29. The molecule has 1 aromatic carbocycles. The van der Waals surface area contributed by atoms with Crippen molar-refractivity contribution < 1.29 is 19.5 Å². The zero-order valence-corrected chi connectivity index (χ0v) is 19.2. The summed E-state index contributed by atoms with van der Waals surface area (Å²) in [6.45, 7) is 6.19. The van der Waals surface area contributed by atoms with E-state index in [0.717, 1.165) is 62.8 Å². The van der Waals surface area contributed by atoms with E-state index in [9.17, 15) is 5.11 Å². The Morgan fingerprint density at radius 1 is 1.06 bits per heavy atom. The number of quaternary nitrogens is 1. The number of para-hydroxylation sites is 2. The third-order valence-corrected chi connectivity index (χ3v) is 8.67. The Bertz CT molecular complexity index is 696. The van der Waals surface area contributed by atoms with Gasteiger partial charge in [-0.3, -0.25) is 0 Å². The van der Waals surface area contributed by atoms with E-state index in [0.29, 0.717) is 12.0 Å². The van der Waals surface area contributed by atoms with Crippen LogP contribution in [0.4, 0.5) is 5.69 Å². The highest BCUT2D eigenvalue weighted by Gasteiger charge is 2.50. The second-order valence-electron chi connectivity index (χ2n) is 11.0. The molecule has 5 aliphatic rings. The van der Waals surface area contributed by atoms with Gasteiger partial charge in [-0.2, -0.15) is 0 Å². The molecule has 1 atom stereocenters. The van der Waals surface area contributed by atoms with Gasteiger partial charge in [-0.25, -0.2) is 0 Å². The summed E-state index contributed by atoms with van der Waals surface area (Å²) in [4.78, 5) is 3.87. The average molecular weight is 430 g/mol. The van der Waals surface area contributed by atoms with Crippen LogP contribution >= 0.6 is 0 Å². The number of benzene rings is 1. The van der Waals surface area contributed by atoms with Crippen molar-refractivity contribution in [1.29, 1.82) is 0 Å². The molecule has 0 unspecified atom stereocenters. The molecule has 0 spiro atoms. The number of piperazine rings is 1. The van der Waals surface area contributed by atoms with E-state index in [2.05, 4.69) is 17.0 Å². The lowest BCUT2D eigenvalue weighted by Crippen LogP contribution is -3.16. The Morgan fingerprint density at radius 2 is 1.71 bits per heavy atom. The number of methoxy groups -OCH3 is 1. The van der Waals surface area contributed by atoms with Crippen LogP contribution in [0, 0.1) is 23.2 Å². The van der Waals surface area contributed by atoms with Gasteiger partial charge in [-0.1, -0.05) is 12.1 Å². The quantitative estimate of drug-likeness (QED) is 0.592. The summed E-state index contributed by atoms with van der Waals surface area (Å²) < 4.78 is 11.5. The highest BCUT2D eigenvalue weighted by molar-refractivity contribution is 5.58. The Morgan fingerprint density at radius 3 is 2.35 bits per heavy atom. The molecule has 172 valence electrons. The zero-order valence-electron chi connectivity index (χ0n) is 19.2. The standard InChI is InChI=1S/C26H40N2O3/c1-30-25-5-3-2-4-24(25)28-9-7-27(8-10-28)18-23(29)19-31-11-6-26-15-20-12-21(16-26)14-22(13-20)17-26/h2-5,20-23,29H,6-19H2,1H3/p+1/t20?,21?,22?,23-,26?/m1/s1. The molecule has 1 aromatic rings. The van der Waals surface area contributed by atoms with Gasteiger partial charge < -0.3 is 24.4 Å². The monoisotopic (exact) mass is 429 g/mol. The second-order valence-corrected chi connectivity index (χ2v) is 11.0. The van der Waals surface area contributed by atoms with E-state index in [1.807, 2.05) is 12.1 Å². The minimum atomic E-state index is -0.357. The van der Waals surface area contributed by atoms with E-state index >= 15 is 0 Å². The smallest absolute Gasteiger partial charge is 0.142 e. The lowest BCUT2D eigenvalue weighted by molar-refractivity contribution is -0.903. The number of ether oxygens (including phenoxy) is 2. The van der Waals surface area contributed by atoms with Crippen molar-refractivity contribution >= 4 is 5.69 Å². The predicted octanol–water partition coefficient (Wildman–Crippen LogP) is 2.38. The molecule has 5 heteroatoms. The Hall–Kier alpha value is -1.30. The normalized spacial score (nSPS) is 33.6. The maximum Gasteiger partial charge on any atom is 0.142 e. The predicted molar refractivity (Wildman–Crippen MR) is 123 cm³/mol. The SMILES string of the molecule is COc1ccccc1N1CC[NH+](C[C@@H](O)COCCC23CC4CC(CC(C4)C2)C3)CC1. The van der Waals surface area contributed by atoms with Crippen LogP contribution in [-0.4, -0.2) is 64.3 Å². The van der Waals surface area contributed by atoms with E-state index in [-0.39, 0.29) is 6.10 Å². The van der Waals surface area contributed by atoms with E-state index in [1.54, 1.807) is 7.11 Å². The molecule has 2 N–H and O–H groups in total. The van der Waals surface area contributed by atoms with Crippen molar-refractivity contribution in [1.82, 2.24) is 0 Å². The Balaban J connectivity index is 1.01. The summed E-state index contributed by atoms with van der Waals surface area (Å²) >= 11 is 0. The lowest BCUT2D eigenvalue weighted by Gasteiger charge is -2.57. The van der Waals surface area contributed by atoms with Gasteiger partial charge in [0.2, 0.25) is 0 Å². The molecular formula is C26H41N2O3+. The Labute approximate surface area is 187 Å². The molecule has 1 heterocycles. The molecule has 6 rings (SSSR count). The fraction of sp³-hybridized carbons (Fsp3) is 0.769. The van der Waals surface area contributed by atoms with Crippen molar-refractivity contribution in [2.45, 2.75) is 51.0 Å². The third kappa shape index (κ3) is 4.89. The first-order valence-electron chi connectivity index (χ1n) is 12.6. The van der Waals surface area contributed by atoms with Crippen LogP contribution in [0.25, 0.3) is 0 Å². The fourth-order valence-corrected chi connectivity index (χ4v) is 7.66. The van der Waals surface area contributed by atoms with Crippen molar-refractivity contribution in [2.75, 3.05) is 57.9 Å². The van der Waals surface area contributed by atoms with Crippen LogP contribution in [0.3, 0.4) is 0 Å². The van der Waals surface area contributed by atoms with Gasteiger partial charge in [0, 0.05) is 6.61 Å². The molecule has 5 fully saturated rings. The average Bonchev–Trinajstić information content (AvgIpc) is 2.76. The van der Waals surface area contributed by atoms with Gasteiger partial charge in [-0.15, -0.1) is 0 Å². The van der Waals surface area contributed by atoms with Crippen LogP contribution < -0.4 is 14.5 Å². The van der Waals surface area contributed by atoms with Crippen LogP contribution in [0.2, 0.25) is 0 Å². The van der Waals surface area contributed by atoms with Crippen LogP contribution in [0.15, 0.2) is 24.3 Å². The summed E-state index contributed by atoms with van der Waals surface area (Å²) in [7, 11) is 1.74. The summed E-state index contributed by atoms with van der Waals surface area (Å²) in [6.07, 6.45) is 9.73. The molecular weight excluding hydrogens is 388 g/mol. The first-order valence-corrected chi connectivity index (χ1v) is 12.6. The highest BCUT2D eigenvalue weighted by atomic mass is 16.5. The number of nitrogens with one attached hydrogen (secondary N) is 1. The fourth-order valence-electron chi connectivity index (χ4n) is 7.66. The third-order valence-electron chi connectivity index (χ3n) is 8.67. The summed E-state index contributed by atoms with van der Waals surface area (Å²) in [6, 6.07) is 8.25. The molecule has 31 heavy (non-hydrogen) atoms. The number of anilines is 1. The zero-order chi connectivity index (χ0) is 21.3. The summed E-state index contributed by atoms with van der Waals surface area (Å²) in [5.74, 6) is 3.97. The highest BCUT2D eigenvalue weighted by Crippen LogP contribution is 2.61. The van der Waals surface area contributed by atoms with Gasteiger partial charge >= 0.3 is 0 Å². The minimum absolute atomic E-state index is 0.357. The maximum atomic E-state index is 10.5. The van der Waals surface area contributed by atoms with Crippen LogP contribution in [0.1, 0.15) is 44.9 Å². The lowest BCUT2D eigenvalue weighted by atomic mass is 9.49. The number of hydrogen-bond acceptors (Lipinski definition) is 4. The largest absolute Gasteiger partial charge is 0.495 e. The first kappa shape index (κ1) is 21.5. The number of aliphatic hydroxyl groups is 1. The van der Waals surface area contributed by atoms with Gasteiger partial charge in [0.15, 0.2) is 0 Å². The van der Waals surface area contributed by atoms with E-state index in [1.165, 1.54) is 55.5 Å². The molecule has 1 saturated heterocycles. The number of hydrogen-bond donors (Lipinski definition) is 2. The van der Waals surface area contributed by atoms with Crippen LogP contribution in [-0.2, 0) is 4.74 Å². The van der Waals surface area contributed by atoms with Gasteiger partial charge in [-0.05, 0) is 80.2 Å². The minimum Gasteiger partial charge on any atom is -0.495 e. The van der Waals surface area contributed by atoms with E-state index < -0.39 is 0 Å². The number of nitrogens with zero attached hydrogens (tertiary/aromatic N) is 1. The van der Waals surface area contributed by atoms with Crippen LogP contribution in [0.5, 0.6) is 5.75 Å². The first-order chi connectivity index (χ1) is 15.1. The van der Waals surface area contributed by atoms with Gasteiger partial charge in [0.25, 0.3) is 0 Å². The topological polar surface area (TPSA) is 46.4 Å². The van der Waals surface area contributed by atoms with Crippen molar-refractivity contribution in [2.24, 2.45) is 23.2 Å². The molecule has 4 aliphatic carbocycles. The van der Waals surface area contributed by atoms with Crippen molar-refractivity contribution in [3.05, 3.63) is 24.3 Å². The van der Waals surface area contributed by atoms with Crippen molar-refractivity contribution in [3.8, 4) is 5.75 Å². The molecule has 1 aliphatic heterocycles. The van der Waals surface area contributed by atoms with Gasteiger partial charge in [0.1, 0.15) is 18.4 Å². The van der Waals surface area contributed by atoms with E-state index in [4.69, 9.17) is 9.47 Å². The summed E-state index contributed by atoms with van der Waals surface area (Å²) in [5.41, 5.74) is 1.76. The number of aliphatic hydroxyl groups excluding tert-OH is 1. The molecule has 0 aromatic heterocycles. The Kier molecular flexibility index (Phi) is 6.45. The number of rotatable bonds is 9. The summed E-state index contributed by atoms with van der Waals surface area (Å²) in [5, 5.41) is 10.5. The molecule has 4 saturated carbocycles. The maximum absolute atomic E-state index is 10.5. The molecule has 0 radical (unpaired) electrons. The molecule has 5 nitrogen and oxygen atoms in total. The van der Waals surface area contributed by atoms with Crippen molar-refractivity contribution in [3.63, 3.8) is 0 Å². The molecule has 4 bridgehead atoms. The molecule has 0 amide bonds.